The van der Waals surface area contributed by atoms with E-state index in [-0.39, 0.29) is 0 Å². The van der Waals surface area contributed by atoms with Gasteiger partial charge >= 0.3 is 0 Å². The first-order chi connectivity index (χ1) is 49.5. The first-order valence-electron chi connectivity index (χ1n) is 42.2. The zero-order chi connectivity index (χ0) is 78.9. The Balaban J connectivity index is 0.000000222. The molecule has 0 radical (unpaired) electrons. The van der Waals surface area contributed by atoms with Gasteiger partial charge in [0.1, 0.15) is 21.1 Å². The minimum Gasteiger partial charge on any atom is -0.200 e. The summed E-state index contributed by atoms with van der Waals surface area (Å²) in [5, 5.41) is 13.3. The zero-order valence-electron chi connectivity index (χ0n) is 73.9. The van der Waals surface area contributed by atoms with E-state index in [2.05, 4.69) is 376 Å². The Morgan fingerprint density at radius 1 is 0.255 bits per heavy atom. The van der Waals surface area contributed by atoms with Crippen molar-refractivity contribution in [2.24, 2.45) is 74.4 Å². The molecule has 576 valence electrons. The molecule has 0 aliphatic carbocycles. The number of hydrogen-bond acceptors (Lipinski definition) is 0. The molecule has 0 aliphatic rings. The molecule has 6 aromatic carbocycles. The van der Waals surface area contributed by atoms with E-state index < -0.39 is 24.2 Å². The molecule has 3 heterocycles. The first kappa shape index (κ1) is 87.4. The predicted octanol–water partition coefficient (Wildman–Crippen LogP) is 26.6. The van der Waals surface area contributed by atoms with Gasteiger partial charge in [0, 0.05) is 23.8 Å². The van der Waals surface area contributed by atoms with Crippen LogP contribution in [-0.2, 0) is 21.1 Å². The fourth-order valence-electron chi connectivity index (χ4n) is 19.6. The standard InChI is InChI=1S/C35H54NSi.C33H50NSi.C32H48NSi/c1-23(2)20-37(21-24(3)4,22-25(5)6)31-13-14-32-29(17-31)15-16-36(12)35(32)34-19-30(26(7)8)18-33(27(9)10)28(34)11;1-22(2)19-35(20-23(3)4,21-24(5)6)30-12-13-31-28(17-30)14-15-34(11)33(31)32-18-29(25(7)8)16-26(9)27(32)10;1-22(2)19-34(20-23(3)4,21-24(5)6)29-13-14-30-28(17-29)15-16-33(10)32(30)31-18-27(25(7)8)12-11-26(31)9/h13-19,23-27H,20-22H2,1-12H3;12-18,22-25H,19-21H2,1-11H3;11-18,22-25H,19-21H2,1-10H3/q3*+1. The topological polar surface area (TPSA) is 11.6 Å². The average Bonchev–Trinajstić information content (AvgIpc) is 0.765. The van der Waals surface area contributed by atoms with Crippen LogP contribution in [0.5, 0.6) is 0 Å². The number of rotatable bonds is 28. The van der Waals surface area contributed by atoms with Crippen LogP contribution in [0, 0.1) is 81.0 Å². The van der Waals surface area contributed by atoms with Gasteiger partial charge < -0.3 is 0 Å². The quantitative estimate of drug-likeness (QED) is 0.0342. The lowest BCUT2D eigenvalue weighted by atomic mass is 9.86. The predicted molar refractivity (Wildman–Crippen MR) is 480 cm³/mol. The van der Waals surface area contributed by atoms with Crippen molar-refractivity contribution in [2.45, 2.75) is 286 Å². The average molecular weight is 1480 g/mol. The molecule has 3 nitrogen and oxygen atoms in total. The van der Waals surface area contributed by atoms with Gasteiger partial charge in [-0.25, -0.2) is 13.7 Å². The molecule has 6 heteroatoms. The highest BCUT2D eigenvalue weighted by molar-refractivity contribution is 6.93. The van der Waals surface area contributed by atoms with Crippen molar-refractivity contribution in [3.05, 3.63) is 178 Å². The van der Waals surface area contributed by atoms with Crippen LogP contribution in [0.1, 0.15) is 248 Å². The highest BCUT2D eigenvalue weighted by Crippen LogP contribution is 2.41. The Morgan fingerprint density at radius 2 is 0.528 bits per heavy atom. The lowest BCUT2D eigenvalue weighted by Crippen LogP contribution is -2.50. The number of pyridine rings is 3. The Kier molecular flexibility index (Phi) is 30.7. The van der Waals surface area contributed by atoms with Gasteiger partial charge in [0.2, 0.25) is 17.1 Å². The van der Waals surface area contributed by atoms with E-state index in [0.29, 0.717) is 23.7 Å². The number of aromatic nitrogens is 3. The molecule has 106 heavy (non-hydrogen) atoms. The van der Waals surface area contributed by atoms with Gasteiger partial charge in [-0.3, -0.25) is 0 Å². The third-order valence-corrected chi connectivity index (χ3v) is 42.2. The van der Waals surface area contributed by atoms with Crippen molar-refractivity contribution in [1.82, 2.24) is 0 Å². The van der Waals surface area contributed by atoms with Gasteiger partial charge in [0.25, 0.3) is 0 Å². The van der Waals surface area contributed by atoms with Crippen LogP contribution in [0.15, 0.2) is 134 Å². The molecule has 9 rings (SSSR count). The van der Waals surface area contributed by atoms with E-state index in [1.807, 2.05) is 0 Å². The molecule has 9 aromatic rings. The summed E-state index contributed by atoms with van der Waals surface area (Å²) in [6.07, 6.45) is 6.82. The SMILES string of the molecule is Cc1c(-c2c3ccc([Si](CC(C)C)(CC(C)C)CC(C)C)cc3cc[n+]2C)cc(C(C)C)cc1C(C)C.Cc1cc(C(C)C)cc(-c2c3ccc([Si](CC(C)C)(CC(C)C)CC(C)C)cc3cc[n+]2C)c1C.Cc1ccc(C(C)C)cc1-c1c2ccc([Si](CC(C)C)(CC(C)C)CC(C)C)cc2cc[n+]1C. The van der Waals surface area contributed by atoms with Crippen molar-refractivity contribution in [3.8, 4) is 33.8 Å². The second-order valence-electron chi connectivity index (χ2n) is 38.9. The van der Waals surface area contributed by atoms with E-state index in [1.54, 1.807) is 15.6 Å². The molecule has 0 fully saturated rings. The second-order valence-corrected chi connectivity index (χ2v) is 52.0. The van der Waals surface area contributed by atoms with Gasteiger partial charge in [-0.15, -0.1) is 0 Å². The minimum atomic E-state index is -1.65. The molecule has 0 saturated heterocycles. The number of hydrogen-bond donors (Lipinski definition) is 0. The molecular formula is C100H152N3Si3+3. The smallest absolute Gasteiger partial charge is 0.200 e. The number of benzene rings is 6. The number of aryl methyl sites for hydroxylation is 5. The summed E-state index contributed by atoms with van der Waals surface area (Å²) >= 11 is 0. The number of fused-ring (bicyclic) bond motifs is 3. The third-order valence-electron chi connectivity index (χ3n) is 23.2. The fourth-order valence-corrected chi connectivity index (χ4v) is 40.0. The van der Waals surface area contributed by atoms with Crippen molar-refractivity contribution in [1.29, 1.82) is 0 Å². The van der Waals surface area contributed by atoms with Gasteiger partial charge in [0.05, 0.1) is 51.5 Å². The molecular weight excluding hydrogens is 1330 g/mol. The molecule has 0 spiro atoms. The largest absolute Gasteiger partial charge is 0.220 e. The fraction of sp³-hybridized carbons (Fsp3) is 0.550. The highest BCUT2D eigenvalue weighted by Gasteiger charge is 2.41. The molecule has 0 saturated carbocycles. The minimum absolute atomic E-state index is 0.512. The van der Waals surface area contributed by atoms with Gasteiger partial charge in [-0.05, 0) is 202 Å². The Morgan fingerprint density at radius 3 is 0.811 bits per heavy atom. The van der Waals surface area contributed by atoms with Crippen molar-refractivity contribution < 1.29 is 13.7 Å². The lowest BCUT2D eigenvalue weighted by Gasteiger charge is -2.37. The van der Waals surface area contributed by atoms with Crippen molar-refractivity contribution in [3.63, 3.8) is 0 Å². The molecule has 0 bridgehead atoms. The van der Waals surface area contributed by atoms with E-state index in [4.69, 9.17) is 0 Å². The van der Waals surface area contributed by atoms with Crippen molar-refractivity contribution >= 4 is 72.1 Å². The number of nitrogens with zero attached hydrogens (tertiary/aromatic N) is 3. The zero-order valence-corrected chi connectivity index (χ0v) is 76.9. The first-order valence-corrected chi connectivity index (χ1v) is 50.1. The van der Waals surface area contributed by atoms with Crippen LogP contribution in [0.25, 0.3) is 66.1 Å². The maximum Gasteiger partial charge on any atom is 0.220 e. The van der Waals surface area contributed by atoms with Crippen LogP contribution in [0.2, 0.25) is 54.4 Å². The Labute approximate surface area is 653 Å². The summed E-state index contributed by atoms with van der Waals surface area (Å²) in [4.78, 5) is 0. The normalized spacial score (nSPS) is 12.7. The second kappa shape index (κ2) is 37.3. The van der Waals surface area contributed by atoms with Crippen molar-refractivity contribution in [2.75, 3.05) is 0 Å². The summed E-state index contributed by atoms with van der Waals surface area (Å²) in [7, 11) is 1.69. The summed E-state index contributed by atoms with van der Waals surface area (Å²) in [5.41, 5.74) is 19.5. The molecule has 3 aromatic heterocycles. The van der Waals surface area contributed by atoms with Crippen LogP contribution in [-0.4, -0.2) is 24.2 Å². The summed E-state index contributed by atoms with van der Waals surface area (Å²) in [6.45, 7) is 71.2. The van der Waals surface area contributed by atoms with E-state index in [9.17, 15) is 0 Å². The third kappa shape index (κ3) is 21.4. The van der Waals surface area contributed by atoms with E-state index in [1.165, 1.54) is 165 Å². The highest BCUT2D eigenvalue weighted by atomic mass is 28.3. The van der Waals surface area contributed by atoms with E-state index in [0.717, 1.165) is 53.3 Å². The lowest BCUT2D eigenvalue weighted by molar-refractivity contribution is -0.659. The maximum atomic E-state index is 2.60. The molecule has 0 N–H and O–H groups in total. The van der Waals surface area contributed by atoms with Gasteiger partial charge in [-0.1, -0.05) is 311 Å². The van der Waals surface area contributed by atoms with Crippen LogP contribution >= 0.6 is 0 Å². The summed E-state index contributed by atoms with van der Waals surface area (Å²) in [5.74, 6) is 8.73. The van der Waals surface area contributed by atoms with Crippen LogP contribution in [0.3, 0.4) is 0 Å². The maximum absolute atomic E-state index is 2.60. The molecule has 0 aliphatic heterocycles. The molecule has 0 atom stereocenters. The van der Waals surface area contributed by atoms with Gasteiger partial charge in [0.15, 0.2) is 18.6 Å². The van der Waals surface area contributed by atoms with E-state index >= 15 is 0 Å². The molecule has 0 unspecified atom stereocenters. The monoisotopic (exact) mass is 1480 g/mol. The summed E-state index contributed by atoms with van der Waals surface area (Å²) in [6, 6.07) is 59.0. The van der Waals surface area contributed by atoms with Crippen LogP contribution < -0.4 is 29.3 Å². The Bertz CT molecular complexity index is 4320. The Hall–Kier alpha value is -5.80. The summed E-state index contributed by atoms with van der Waals surface area (Å²) < 4.78 is 6.99. The van der Waals surface area contributed by atoms with Crippen LogP contribution in [0.4, 0.5) is 0 Å². The molecule has 0 amide bonds. The van der Waals surface area contributed by atoms with Gasteiger partial charge in [-0.2, -0.15) is 0 Å².